The maximum atomic E-state index is 12.1. The van der Waals surface area contributed by atoms with E-state index in [1.165, 1.54) is 13.1 Å². The van der Waals surface area contributed by atoms with Crippen molar-refractivity contribution in [1.29, 1.82) is 0 Å². The highest BCUT2D eigenvalue weighted by Crippen LogP contribution is 2.22. The quantitative estimate of drug-likeness (QED) is 0.739. The third-order valence-corrected chi connectivity index (χ3v) is 4.07. The van der Waals surface area contributed by atoms with Crippen LogP contribution < -0.4 is 5.32 Å². The van der Waals surface area contributed by atoms with Crippen LogP contribution >= 0.6 is 11.6 Å². The van der Waals surface area contributed by atoms with Crippen molar-refractivity contribution in [2.45, 2.75) is 6.92 Å². The molecule has 0 saturated heterocycles. The van der Waals surface area contributed by atoms with Gasteiger partial charge in [0, 0.05) is 7.05 Å². The minimum Gasteiger partial charge on any atom is -0.507 e. The molecule has 0 spiro atoms. The fourth-order valence-electron chi connectivity index (χ4n) is 2.19. The monoisotopic (exact) mass is 390 g/mol. The van der Waals surface area contributed by atoms with Crippen LogP contribution in [0.2, 0.25) is 5.02 Å². The standard InChI is InChI=1S/C19H19ClN2O5/c1-12-6-5-7-13(18(12)25)19(26)27-11-17(24)22(2)10-16(23)21-15-9-4-3-8-14(15)20/h3-9,25H,10-11H2,1-2H3,(H,21,23). The van der Waals surface area contributed by atoms with Gasteiger partial charge in [-0.05, 0) is 30.7 Å². The summed E-state index contributed by atoms with van der Waals surface area (Å²) in [6, 6.07) is 11.4. The molecule has 2 aromatic rings. The van der Waals surface area contributed by atoms with E-state index in [0.717, 1.165) is 4.90 Å². The number of phenols is 1. The van der Waals surface area contributed by atoms with E-state index >= 15 is 0 Å². The van der Waals surface area contributed by atoms with Crippen LogP contribution in [-0.2, 0) is 14.3 Å². The number of rotatable bonds is 6. The Labute approximate surface area is 161 Å². The Morgan fingerprint density at radius 2 is 1.85 bits per heavy atom. The molecule has 2 N–H and O–H groups in total. The number of halogens is 1. The summed E-state index contributed by atoms with van der Waals surface area (Å²) in [5.41, 5.74) is 0.928. The second-order valence-corrected chi connectivity index (χ2v) is 6.23. The topological polar surface area (TPSA) is 95.9 Å². The van der Waals surface area contributed by atoms with Gasteiger partial charge in [0.1, 0.15) is 11.3 Å². The molecule has 0 saturated carbocycles. The first-order valence-corrected chi connectivity index (χ1v) is 8.41. The molecule has 0 bridgehead atoms. The van der Waals surface area contributed by atoms with Crippen molar-refractivity contribution in [2.75, 3.05) is 25.5 Å². The predicted octanol–water partition coefficient (Wildman–Crippen LogP) is 2.61. The lowest BCUT2D eigenvalue weighted by atomic mass is 10.1. The SMILES string of the molecule is Cc1cccc(C(=O)OCC(=O)N(C)CC(=O)Nc2ccccc2Cl)c1O. The Hall–Kier alpha value is -3.06. The summed E-state index contributed by atoms with van der Waals surface area (Å²) in [6.45, 7) is 0.849. The molecule has 0 aliphatic carbocycles. The van der Waals surface area contributed by atoms with E-state index in [2.05, 4.69) is 5.32 Å². The van der Waals surface area contributed by atoms with E-state index in [1.54, 1.807) is 43.3 Å². The normalized spacial score (nSPS) is 10.2. The average Bonchev–Trinajstić information content (AvgIpc) is 2.63. The zero-order chi connectivity index (χ0) is 20.0. The summed E-state index contributed by atoms with van der Waals surface area (Å²) in [5.74, 6) is -2.02. The number of carbonyl (C=O) groups is 3. The summed E-state index contributed by atoms with van der Waals surface area (Å²) in [7, 11) is 1.41. The van der Waals surface area contributed by atoms with Gasteiger partial charge in [0.25, 0.3) is 5.91 Å². The van der Waals surface area contributed by atoms with Crippen molar-refractivity contribution in [2.24, 2.45) is 0 Å². The van der Waals surface area contributed by atoms with Gasteiger partial charge in [0.05, 0.1) is 17.3 Å². The zero-order valence-electron chi connectivity index (χ0n) is 14.9. The number of phenolic OH excluding ortho intramolecular Hbond substituents is 1. The average molecular weight is 391 g/mol. The number of hydrogen-bond acceptors (Lipinski definition) is 5. The Kier molecular flexibility index (Phi) is 6.79. The van der Waals surface area contributed by atoms with Gasteiger partial charge in [-0.2, -0.15) is 0 Å². The molecule has 0 aromatic heterocycles. The zero-order valence-corrected chi connectivity index (χ0v) is 15.6. The van der Waals surface area contributed by atoms with Crippen LogP contribution in [0.5, 0.6) is 5.75 Å². The number of amides is 2. The number of anilines is 1. The molecule has 2 aromatic carbocycles. The summed E-state index contributed by atoms with van der Waals surface area (Å²) >= 11 is 5.96. The molecule has 0 heterocycles. The first kappa shape index (κ1) is 20.3. The molecule has 142 valence electrons. The number of aromatic hydroxyl groups is 1. The van der Waals surface area contributed by atoms with Crippen molar-refractivity contribution < 1.29 is 24.2 Å². The molecule has 0 fully saturated rings. The van der Waals surface area contributed by atoms with Gasteiger partial charge in [-0.1, -0.05) is 35.9 Å². The first-order valence-electron chi connectivity index (χ1n) is 8.03. The molecular weight excluding hydrogens is 372 g/mol. The van der Waals surface area contributed by atoms with Crippen molar-refractivity contribution in [3.63, 3.8) is 0 Å². The van der Waals surface area contributed by atoms with Gasteiger partial charge in [0.2, 0.25) is 5.91 Å². The van der Waals surface area contributed by atoms with Gasteiger partial charge in [-0.25, -0.2) is 4.79 Å². The van der Waals surface area contributed by atoms with Crippen LogP contribution in [0.4, 0.5) is 5.69 Å². The minimum atomic E-state index is -0.821. The van der Waals surface area contributed by atoms with E-state index in [-0.39, 0.29) is 17.9 Å². The number of benzene rings is 2. The van der Waals surface area contributed by atoms with Crippen LogP contribution in [0.25, 0.3) is 0 Å². The van der Waals surface area contributed by atoms with Crippen LogP contribution in [-0.4, -0.2) is 48.0 Å². The van der Waals surface area contributed by atoms with Crippen LogP contribution in [0.3, 0.4) is 0 Å². The third kappa shape index (κ3) is 5.46. The molecule has 0 atom stereocenters. The van der Waals surface area contributed by atoms with E-state index in [1.807, 2.05) is 0 Å². The number of para-hydroxylation sites is 2. The second-order valence-electron chi connectivity index (χ2n) is 5.83. The molecule has 8 heteroatoms. The fourth-order valence-corrected chi connectivity index (χ4v) is 2.38. The van der Waals surface area contributed by atoms with Crippen molar-refractivity contribution >= 4 is 35.1 Å². The number of nitrogens with zero attached hydrogens (tertiary/aromatic N) is 1. The Bertz CT molecular complexity index is 869. The molecule has 0 unspecified atom stereocenters. The lowest BCUT2D eigenvalue weighted by molar-refractivity contribution is -0.136. The number of carbonyl (C=O) groups excluding carboxylic acids is 3. The molecule has 0 aliphatic heterocycles. The maximum absolute atomic E-state index is 12.1. The Morgan fingerprint density at radius 3 is 2.56 bits per heavy atom. The van der Waals surface area contributed by atoms with Gasteiger partial charge in [-0.15, -0.1) is 0 Å². The number of ether oxygens (including phenoxy) is 1. The highest BCUT2D eigenvalue weighted by atomic mass is 35.5. The van der Waals surface area contributed by atoms with Gasteiger partial charge in [-0.3, -0.25) is 9.59 Å². The third-order valence-electron chi connectivity index (χ3n) is 3.74. The molecule has 7 nitrogen and oxygen atoms in total. The summed E-state index contributed by atoms with van der Waals surface area (Å²) in [4.78, 5) is 37.2. The Balaban J connectivity index is 1.86. The van der Waals surface area contributed by atoms with Crippen molar-refractivity contribution in [1.82, 2.24) is 4.90 Å². The molecule has 2 rings (SSSR count). The molecule has 2 amide bonds. The fraction of sp³-hybridized carbons (Fsp3) is 0.211. The highest BCUT2D eigenvalue weighted by Gasteiger charge is 2.18. The van der Waals surface area contributed by atoms with Crippen molar-refractivity contribution in [3.8, 4) is 5.75 Å². The summed E-state index contributed by atoms with van der Waals surface area (Å²) in [6.07, 6.45) is 0. The van der Waals surface area contributed by atoms with Crippen LogP contribution in [0.1, 0.15) is 15.9 Å². The molecular formula is C19H19ClN2O5. The molecule has 0 radical (unpaired) electrons. The largest absolute Gasteiger partial charge is 0.507 e. The molecule has 27 heavy (non-hydrogen) atoms. The maximum Gasteiger partial charge on any atom is 0.342 e. The van der Waals surface area contributed by atoms with Crippen LogP contribution in [0, 0.1) is 6.92 Å². The highest BCUT2D eigenvalue weighted by molar-refractivity contribution is 6.33. The van der Waals surface area contributed by atoms with Crippen molar-refractivity contribution in [3.05, 3.63) is 58.6 Å². The smallest absolute Gasteiger partial charge is 0.342 e. The van der Waals surface area contributed by atoms with E-state index in [0.29, 0.717) is 16.3 Å². The Morgan fingerprint density at radius 1 is 1.15 bits per heavy atom. The predicted molar refractivity (Wildman–Crippen MR) is 101 cm³/mol. The van der Waals surface area contributed by atoms with E-state index < -0.39 is 24.4 Å². The van der Waals surface area contributed by atoms with Gasteiger partial charge < -0.3 is 20.1 Å². The minimum absolute atomic E-state index is 0.0260. The number of nitrogens with one attached hydrogen (secondary N) is 1. The van der Waals surface area contributed by atoms with E-state index in [4.69, 9.17) is 16.3 Å². The number of aryl methyl sites for hydroxylation is 1. The summed E-state index contributed by atoms with van der Waals surface area (Å²) < 4.78 is 4.92. The first-order chi connectivity index (χ1) is 12.8. The van der Waals surface area contributed by atoms with Crippen LogP contribution in [0.15, 0.2) is 42.5 Å². The lowest BCUT2D eigenvalue weighted by Gasteiger charge is -2.17. The van der Waals surface area contributed by atoms with E-state index in [9.17, 15) is 19.5 Å². The summed E-state index contributed by atoms with van der Waals surface area (Å²) in [5, 5.41) is 12.8. The van der Waals surface area contributed by atoms with Gasteiger partial charge >= 0.3 is 5.97 Å². The number of likely N-dealkylation sites (N-methyl/N-ethyl adjacent to an activating group) is 1. The number of esters is 1. The lowest BCUT2D eigenvalue weighted by Crippen LogP contribution is -2.37. The second kappa shape index (κ2) is 9.05. The van der Waals surface area contributed by atoms with Gasteiger partial charge in [0.15, 0.2) is 6.61 Å². The molecule has 0 aliphatic rings. The number of hydrogen-bond donors (Lipinski definition) is 2.